The number of ether oxygens (including phenoxy) is 1. The molecular weight excluding hydrogens is 292 g/mol. The van der Waals surface area contributed by atoms with Gasteiger partial charge in [0.1, 0.15) is 0 Å². The van der Waals surface area contributed by atoms with Crippen molar-refractivity contribution in [3.8, 4) is 0 Å². The van der Waals surface area contributed by atoms with Gasteiger partial charge in [0.15, 0.2) is 0 Å². The summed E-state index contributed by atoms with van der Waals surface area (Å²) < 4.78 is 6.37. The standard InChI is InChI=1S/C14H21BrN2O/c1-18-10-11-4-3-7-17(8-11)9-12-13(15)5-2-6-14(12)16/h2,5-6,11H,3-4,7-10,16H2,1H3. The van der Waals surface area contributed by atoms with Crippen LogP contribution in [0, 0.1) is 5.92 Å². The van der Waals surface area contributed by atoms with Crippen molar-refractivity contribution in [2.45, 2.75) is 19.4 Å². The van der Waals surface area contributed by atoms with Crippen LogP contribution in [0.25, 0.3) is 0 Å². The summed E-state index contributed by atoms with van der Waals surface area (Å²) in [6.07, 6.45) is 2.52. The van der Waals surface area contributed by atoms with Crippen molar-refractivity contribution < 1.29 is 4.74 Å². The lowest BCUT2D eigenvalue weighted by Gasteiger charge is -2.32. The molecule has 0 aliphatic carbocycles. The van der Waals surface area contributed by atoms with Crippen LogP contribution in [0.5, 0.6) is 0 Å². The van der Waals surface area contributed by atoms with Crippen LogP contribution < -0.4 is 5.73 Å². The number of nitrogen functional groups attached to an aromatic ring is 1. The molecule has 1 aliphatic rings. The van der Waals surface area contributed by atoms with Gasteiger partial charge in [-0.25, -0.2) is 0 Å². The number of rotatable bonds is 4. The summed E-state index contributed by atoms with van der Waals surface area (Å²) in [4.78, 5) is 2.48. The lowest BCUT2D eigenvalue weighted by atomic mass is 9.98. The first kappa shape index (κ1) is 13.8. The Morgan fingerprint density at radius 3 is 3.06 bits per heavy atom. The molecule has 0 radical (unpaired) electrons. The summed E-state index contributed by atoms with van der Waals surface area (Å²) in [5.74, 6) is 0.660. The Labute approximate surface area is 117 Å². The van der Waals surface area contributed by atoms with Gasteiger partial charge in [-0.1, -0.05) is 22.0 Å². The van der Waals surface area contributed by atoms with Crippen molar-refractivity contribution in [3.05, 3.63) is 28.2 Å². The molecule has 18 heavy (non-hydrogen) atoms. The summed E-state index contributed by atoms with van der Waals surface area (Å²) in [6, 6.07) is 6.01. The number of methoxy groups -OCH3 is 1. The molecular formula is C14H21BrN2O. The fraction of sp³-hybridized carbons (Fsp3) is 0.571. The maximum atomic E-state index is 6.05. The van der Waals surface area contributed by atoms with E-state index in [9.17, 15) is 0 Å². The van der Waals surface area contributed by atoms with E-state index in [-0.39, 0.29) is 0 Å². The van der Waals surface area contributed by atoms with E-state index < -0.39 is 0 Å². The van der Waals surface area contributed by atoms with Crippen molar-refractivity contribution in [1.82, 2.24) is 4.90 Å². The van der Waals surface area contributed by atoms with E-state index in [1.165, 1.54) is 18.4 Å². The molecule has 2 rings (SSSR count). The van der Waals surface area contributed by atoms with E-state index in [2.05, 4.69) is 26.9 Å². The van der Waals surface area contributed by atoms with Crippen molar-refractivity contribution in [1.29, 1.82) is 0 Å². The highest BCUT2D eigenvalue weighted by atomic mass is 79.9. The number of halogens is 1. The number of anilines is 1. The molecule has 0 aromatic heterocycles. The Morgan fingerprint density at radius 1 is 1.50 bits per heavy atom. The third-order valence-electron chi connectivity index (χ3n) is 3.54. The monoisotopic (exact) mass is 312 g/mol. The van der Waals surface area contributed by atoms with Gasteiger partial charge in [-0.2, -0.15) is 0 Å². The minimum atomic E-state index is 0.660. The predicted octanol–water partition coefficient (Wildman–Crippen LogP) is 2.89. The molecule has 1 aromatic carbocycles. The highest BCUT2D eigenvalue weighted by molar-refractivity contribution is 9.10. The Morgan fingerprint density at radius 2 is 2.33 bits per heavy atom. The van der Waals surface area contributed by atoms with E-state index in [1.807, 2.05) is 12.1 Å². The lowest BCUT2D eigenvalue weighted by molar-refractivity contribution is 0.0874. The fourth-order valence-electron chi connectivity index (χ4n) is 2.63. The van der Waals surface area contributed by atoms with Crippen LogP contribution in [0.1, 0.15) is 18.4 Å². The molecule has 1 aliphatic heterocycles. The second-order valence-corrected chi connectivity index (χ2v) is 5.86. The fourth-order valence-corrected chi connectivity index (χ4v) is 3.14. The molecule has 1 heterocycles. The predicted molar refractivity (Wildman–Crippen MR) is 78.4 cm³/mol. The van der Waals surface area contributed by atoms with Crippen LogP contribution in [0.4, 0.5) is 5.69 Å². The van der Waals surface area contributed by atoms with Gasteiger partial charge in [0.2, 0.25) is 0 Å². The molecule has 0 bridgehead atoms. The highest BCUT2D eigenvalue weighted by Crippen LogP contribution is 2.26. The van der Waals surface area contributed by atoms with Gasteiger partial charge in [0.25, 0.3) is 0 Å². The zero-order valence-electron chi connectivity index (χ0n) is 10.9. The molecule has 1 fully saturated rings. The normalized spacial score (nSPS) is 21.1. The minimum absolute atomic E-state index is 0.660. The second-order valence-electron chi connectivity index (χ2n) is 5.01. The summed E-state index contributed by atoms with van der Waals surface area (Å²) in [5, 5.41) is 0. The zero-order valence-corrected chi connectivity index (χ0v) is 12.4. The quantitative estimate of drug-likeness (QED) is 0.869. The first-order chi connectivity index (χ1) is 8.70. The number of likely N-dealkylation sites (tertiary alicyclic amines) is 1. The number of hydrogen-bond acceptors (Lipinski definition) is 3. The van der Waals surface area contributed by atoms with Crippen LogP contribution in [0.2, 0.25) is 0 Å². The van der Waals surface area contributed by atoms with E-state index in [4.69, 9.17) is 10.5 Å². The molecule has 3 nitrogen and oxygen atoms in total. The number of hydrogen-bond donors (Lipinski definition) is 1. The Bertz CT molecular complexity index is 375. The second kappa shape index (κ2) is 6.55. The van der Waals surface area contributed by atoms with Gasteiger partial charge in [-0.15, -0.1) is 0 Å². The van der Waals surface area contributed by atoms with Crippen LogP contribution in [0.15, 0.2) is 22.7 Å². The van der Waals surface area contributed by atoms with E-state index in [0.717, 1.165) is 36.4 Å². The third kappa shape index (κ3) is 3.46. The van der Waals surface area contributed by atoms with Crippen LogP contribution >= 0.6 is 15.9 Å². The SMILES string of the molecule is COCC1CCCN(Cc2c(N)cccc2Br)C1. The number of benzene rings is 1. The molecule has 1 unspecified atom stereocenters. The third-order valence-corrected chi connectivity index (χ3v) is 4.29. The van der Waals surface area contributed by atoms with Gasteiger partial charge in [-0.05, 0) is 37.4 Å². The molecule has 100 valence electrons. The molecule has 2 N–H and O–H groups in total. The summed E-state index contributed by atoms with van der Waals surface area (Å²) >= 11 is 3.59. The zero-order chi connectivity index (χ0) is 13.0. The van der Waals surface area contributed by atoms with Crippen LogP contribution in [0.3, 0.4) is 0 Å². The summed E-state index contributed by atoms with van der Waals surface area (Å²) in [6.45, 7) is 4.05. The molecule has 1 aromatic rings. The van der Waals surface area contributed by atoms with Crippen LogP contribution in [-0.2, 0) is 11.3 Å². The van der Waals surface area contributed by atoms with Gasteiger partial charge >= 0.3 is 0 Å². The maximum Gasteiger partial charge on any atom is 0.0502 e. The lowest BCUT2D eigenvalue weighted by Crippen LogP contribution is -2.36. The summed E-state index contributed by atoms with van der Waals surface area (Å²) in [7, 11) is 1.78. The van der Waals surface area contributed by atoms with Crippen LogP contribution in [-0.4, -0.2) is 31.7 Å². The number of nitrogens with two attached hydrogens (primary N) is 1. The van der Waals surface area contributed by atoms with E-state index >= 15 is 0 Å². The first-order valence-corrected chi connectivity index (χ1v) is 7.24. The molecule has 4 heteroatoms. The Kier molecular flexibility index (Phi) is 5.03. The van der Waals surface area contributed by atoms with E-state index in [1.54, 1.807) is 7.11 Å². The highest BCUT2D eigenvalue weighted by Gasteiger charge is 2.20. The largest absolute Gasteiger partial charge is 0.398 e. The Hall–Kier alpha value is -0.580. The van der Waals surface area contributed by atoms with Crippen molar-refractivity contribution >= 4 is 21.6 Å². The first-order valence-electron chi connectivity index (χ1n) is 6.45. The molecule has 0 amide bonds. The van der Waals surface area contributed by atoms with E-state index in [0.29, 0.717) is 5.92 Å². The minimum Gasteiger partial charge on any atom is -0.398 e. The van der Waals surface area contributed by atoms with Crippen molar-refractivity contribution in [2.75, 3.05) is 32.5 Å². The average Bonchev–Trinajstić information content (AvgIpc) is 2.35. The number of piperidine rings is 1. The molecule has 1 saturated heterocycles. The van der Waals surface area contributed by atoms with Crippen molar-refractivity contribution in [3.63, 3.8) is 0 Å². The molecule has 0 spiro atoms. The van der Waals surface area contributed by atoms with Crippen molar-refractivity contribution in [2.24, 2.45) is 5.92 Å². The number of nitrogens with zero attached hydrogens (tertiary/aromatic N) is 1. The van der Waals surface area contributed by atoms with Gasteiger partial charge in [-0.3, -0.25) is 4.90 Å². The maximum absolute atomic E-state index is 6.05. The van der Waals surface area contributed by atoms with Gasteiger partial charge in [0, 0.05) is 35.9 Å². The smallest absolute Gasteiger partial charge is 0.0502 e. The Balaban J connectivity index is 2.00. The molecule has 0 saturated carbocycles. The van der Waals surface area contributed by atoms with Gasteiger partial charge < -0.3 is 10.5 Å². The summed E-state index contributed by atoms with van der Waals surface area (Å²) in [5.41, 5.74) is 8.13. The topological polar surface area (TPSA) is 38.5 Å². The van der Waals surface area contributed by atoms with Gasteiger partial charge in [0.05, 0.1) is 6.61 Å². The molecule has 1 atom stereocenters. The average molecular weight is 313 g/mol.